The summed E-state index contributed by atoms with van der Waals surface area (Å²) in [7, 11) is -6.84. The zero-order valence-electron chi connectivity index (χ0n) is 16.5. The zero-order chi connectivity index (χ0) is 21.5. The zero-order valence-corrected chi connectivity index (χ0v) is 18.2. The smallest absolute Gasteiger partial charge is 0.255 e. The van der Waals surface area contributed by atoms with Gasteiger partial charge in [0.25, 0.3) is 5.91 Å². The number of benzene rings is 2. The minimum absolute atomic E-state index is 0.180. The molecule has 10 heteroatoms. The van der Waals surface area contributed by atoms with Crippen LogP contribution in [-0.4, -0.2) is 52.9 Å². The van der Waals surface area contributed by atoms with E-state index >= 15 is 0 Å². The van der Waals surface area contributed by atoms with Crippen molar-refractivity contribution in [3.63, 3.8) is 0 Å². The lowest BCUT2D eigenvalue weighted by molar-refractivity contribution is 0.102. The van der Waals surface area contributed by atoms with Crippen LogP contribution in [-0.2, 0) is 26.5 Å². The average Bonchev–Trinajstić information content (AvgIpc) is 3.37. The monoisotopic (exact) mass is 449 g/mol. The molecule has 2 aromatic carbocycles. The van der Waals surface area contributed by atoms with E-state index in [-0.39, 0.29) is 10.8 Å². The van der Waals surface area contributed by atoms with Crippen molar-refractivity contribution < 1.29 is 21.6 Å². The van der Waals surface area contributed by atoms with Crippen molar-refractivity contribution in [2.75, 3.05) is 35.5 Å². The molecular formula is C20H23N3O5S2. The van der Waals surface area contributed by atoms with E-state index in [2.05, 4.69) is 5.32 Å². The van der Waals surface area contributed by atoms with Gasteiger partial charge in [-0.2, -0.15) is 4.31 Å². The minimum Gasteiger partial charge on any atom is -0.322 e. The number of sulfonamides is 2. The molecule has 0 atom stereocenters. The quantitative estimate of drug-likeness (QED) is 0.752. The summed E-state index contributed by atoms with van der Waals surface area (Å²) in [5, 5.41) is 2.79. The summed E-state index contributed by atoms with van der Waals surface area (Å²) in [6.07, 6.45) is 3.48. The van der Waals surface area contributed by atoms with Crippen molar-refractivity contribution >= 4 is 37.3 Å². The Morgan fingerprint density at radius 2 is 1.60 bits per heavy atom. The lowest BCUT2D eigenvalue weighted by Crippen LogP contribution is -2.27. The standard InChI is InChI=1S/C20H23N3O5S2/c1-29(25,26)23-13-10-16-14-17(6-9-19(16)23)21-20(24)15-4-7-18(8-5-15)30(27,28)22-11-2-3-12-22/h4-9,14H,2-3,10-13H2,1H3,(H,21,24). The fourth-order valence-corrected chi connectivity index (χ4v) is 6.33. The molecule has 2 aromatic rings. The first kappa shape index (κ1) is 20.8. The van der Waals surface area contributed by atoms with Crippen molar-refractivity contribution in [1.82, 2.24) is 4.31 Å². The van der Waals surface area contributed by atoms with E-state index in [0.29, 0.717) is 43.0 Å². The van der Waals surface area contributed by atoms with Crippen LogP contribution in [0.25, 0.3) is 0 Å². The fourth-order valence-electron chi connectivity index (χ4n) is 3.85. The SMILES string of the molecule is CS(=O)(=O)N1CCc2cc(NC(=O)c3ccc(S(=O)(=O)N4CCCC4)cc3)ccc21. The molecule has 1 fully saturated rings. The molecule has 2 aliphatic rings. The number of hydrogen-bond donors (Lipinski definition) is 1. The number of nitrogens with zero attached hydrogens (tertiary/aromatic N) is 2. The molecule has 1 N–H and O–H groups in total. The van der Waals surface area contributed by atoms with E-state index in [1.165, 1.54) is 39.1 Å². The predicted molar refractivity (Wildman–Crippen MR) is 115 cm³/mol. The highest BCUT2D eigenvalue weighted by atomic mass is 32.2. The van der Waals surface area contributed by atoms with Crippen molar-refractivity contribution in [2.24, 2.45) is 0 Å². The van der Waals surface area contributed by atoms with E-state index in [0.717, 1.165) is 18.4 Å². The van der Waals surface area contributed by atoms with E-state index in [4.69, 9.17) is 0 Å². The summed E-state index contributed by atoms with van der Waals surface area (Å²) >= 11 is 0. The van der Waals surface area contributed by atoms with Crippen LogP contribution >= 0.6 is 0 Å². The van der Waals surface area contributed by atoms with Crippen molar-refractivity contribution in [3.8, 4) is 0 Å². The molecule has 0 bridgehead atoms. The molecule has 0 spiro atoms. The summed E-state index contributed by atoms with van der Waals surface area (Å²) in [6, 6.07) is 11.0. The van der Waals surface area contributed by atoms with Gasteiger partial charge in [-0.15, -0.1) is 0 Å². The molecule has 2 aliphatic heterocycles. The van der Waals surface area contributed by atoms with Gasteiger partial charge >= 0.3 is 0 Å². The van der Waals surface area contributed by atoms with E-state index in [9.17, 15) is 21.6 Å². The molecule has 0 aromatic heterocycles. The summed E-state index contributed by atoms with van der Waals surface area (Å²) in [5.74, 6) is -0.363. The maximum Gasteiger partial charge on any atom is 0.255 e. The molecule has 0 saturated carbocycles. The van der Waals surface area contributed by atoms with Gasteiger partial charge in [0, 0.05) is 30.9 Å². The summed E-state index contributed by atoms with van der Waals surface area (Å²) < 4.78 is 51.7. The third-order valence-electron chi connectivity index (χ3n) is 5.41. The van der Waals surface area contributed by atoms with Gasteiger partial charge in [-0.1, -0.05) is 0 Å². The summed E-state index contributed by atoms with van der Waals surface area (Å²) in [4.78, 5) is 12.8. The Bertz CT molecular complexity index is 1190. The highest BCUT2D eigenvalue weighted by Gasteiger charge is 2.28. The maximum atomic E-state index is 12.6. The van der Waals surface area contributed by atoms with Crippen LogP contribution in [0.3, 0.4) is 0 Å². The number of carbonyl (C=O) groups excluding carboxylic acids is 1. The second-order valence-electron chi connectivity index (χ2n) is 7.52. The second-order valence-corrected chi connectivity index (χ2v) is 11.4. The van der Waals surface area contributed by atoms with Crippen LogP contribution in [0.1, 0.15) is 28.8 Å². The number of fused-ring (bicyclic) bond motifs is 1. The van der Waals surface area contributed by atoms with Gasteiger partial charge in [-0.05, 0) is 67.3 Å². The van der Waals surface area contributed by atoms with Crippen LogP contribution in [0.4, 0.5) is 11.4 Å². The molecule has 0 unspecified atom stereocenters. The van der Waals surface area contributed by atoms with Crippen LogP contribution < -0.4 is 9.62 Å². The van der Waals surface area contributed by atoms with Gasteiger partial charge in [0.2, 0.25) is 20.0 Å². The largest absolute Gasteiger partial charge is 0.322 e. The summed E-state index contributed by atoms with van der Waals surface area (Å²) in [5.41, 5.74) is 2.38. The van der Waals surface area contributed by atoms with Crippen molar-refractivity contribution in [3.05, 3.63) is 53.6 Å². The number of amides is 1. The highest BCUT2D eigenvalue weighted by molar-refractivity contribution is 7.92. The average molecular weight is 450 g/mol. The molecule has 1 saturated heterocycles. The molecule has 8 nitrogen and oxygen atoms in total. The van der Waals surface area contributed by atoms with Gasteiger partial charge in [-0.25, -0.2) is 16.8 Å². The van der Waals surface area contributed by atoms with Crippen LogP contribution in [0.15, 0.2) is 47.4 Å². The number of carbonyl (C=O) groups is 1. The van der Waals surface area contributed by atoms with Crippen LogP contribution in [0.2, 0.25) is 0 Å². The minimum atomic E-state index is -3.52. The Morgan fingerprint density at radius 3 is 2.23 bits per heavy atom. The molecule has 0 radical (unpaired) electrons. The molecule has 160 valence electrons. The van der Waals surface area contributed by atoms with E-state index < -0.39 is 20.0 Å². The number of rotatable bonds is 5. The van der Waals surface area contributed by atoms with Crippen molar-refractivity contribution in [1.29, 1.82) is 0 Å². The predicted octanol–water partition coefficient (Wildman–Crippen LogP) is 2.05. The Kier molecular flexibility index (Phi) is 5.33. The summed E-state index contributed by atoms with van der Waals surface area (Å²) in [6.45, 7) is 1.44. The molecule has 0 aliphatic carbocycles. The lowest BCUT2D eigenvalue weighted by atomic mass is 10.1. The number of hydrogen-bond acceptors (Lipinski definition) is 5. The normalized spacial score (nSPS) is 17.2. The number of nitrogens with one attached hydrogen (secondary N) is 1. The van der Waals surface area contributed by atoms with E-state index in [1.807, 2.05) is 0 Å². The molecular weight excluding hydrogens is 426 g/mol. The second kappa shape index (κ2) is 7.68. The Hall–Kier alpha value is -2.43. The molecule has 1 amide bonds. The number of anilines is 2. The van der Waals surface area contributed by atoms with Gasteiger partial charge in [-0.3, -0.25) is 9.10 Å². The Morgan fingerprint density at radius 1 is 0.933 bits per heavy atom. The van der Waals surface area contributed by atoms with Gasteiger partial charge < -0.3 is 5.32 Å². The third-order valence-corrected chi connectivity index (χ3v) is 8.50. The van der Waals surface area contributed by atoms with Crippen LogP contribution in [0.5, 0.6) is 0 Å². The first-order chi connectivity index (χ1) is 14.2. The molecule has 4 rings (SSSR count). The van der Waals surface area contributed by atoms with Crippen molar-refractivity contribution in [2.45, 2.75) is 24.2 Å². The van der Waals surface area contributed by atoms with Gasteiger partial charge in [0.1, 0.15) is 0 Å². The fraction of sp³-hybridized carbons (Fsp3) is 0.350. The van der Waals surface area contributed by atoms with Crippen LogP contribution in [0, 0.1) is 0 Å². The molecule has 30 heavy (non-hydrogen) atoms. The Balaban J connectivity index is 1.48. The first-order valence-corrected chi connectivity index (χ1v) is 13.0. The van der Waals surface area contributed by atoms with Gasteiger partial charge in [0.15, 0.2) is 0 Å². The maximum absolute atomic E-state index is 12.6. The topological polar surface area (TPSA) is 104 Å². The van der Waals surface area contributed by atoms with E-state index in [1.54, 1.807) is 18.2 Å². The molecule has 2 heterocycles. The lowest BCUT2D eigenvalue weighted by Gasteiger charge is -2.17. The highest BCUT2D eigenvalue weighted by Crippen LogP contribution is 2.32. The first-order valence-electron chi connectivity index (χ1n) is 9.68. The third kappa shape index (κ3) is 3.94. The Labute approximate surface area is 176 Å². The van der Waals surface area contributed by atoms with Gasteiger partial charge in [0.05, 0.1) is 16.8 Å².